The summed E-state index contributed by atoms with van der Waals surface area (Å²) < 4.78 is 0. The molecule has 1 fully saturated rings. The van der Waals surface area contributed by atoms with Gasteiger partial charge in [-0.05, 0) is 43.2 Å². The summed E-state index contributed by atoms with van der Waals surface area (Å²) in [6, 6.07) is 0. The van der Waals surface area contributed by atoms with Gasteiger partial charge < -0.3 is 4.90 Å². The lowest BCUT2D eigenvalue weighted by Crippen LogP contribution is -2.36. The van der Waals surface area contributed by atoms with Crippen LogP contribution in [0.2, 0.25) is 5.28 Å². The Kier molecular flexibility index (Phi) is 3.87. The molecule has 1 aromatic heterocycles. The van der Waals surface area contributed by atoms with Crippen LogP contribution in [0.25, 0.3) is 0 Å². The smallest absolute Gasteiger partial charge is 0.224 e. The highest BCUT2D eigenvalue weighted by molar-refractivity contribution is 6.28. The molecule has 0 spiro atoms. The van der Waals surface area contributed by atoms with Gasteiger partial charge in [0, 0.05) is 24.8 Å². The van der Waals surface area contributed by atoms with Gasteiger partial charge in [0.05, 0.1) is 0 Å². The third-order valence-electron chi connectivity index (χ3n) is 3.70. The summed E-state index contributed by atoms with van der Waals surface area (Å²) in [6.45, 7) is 8.83. The van der Waals surface area contributed by atoms with Gasteiger partial charge in [-0.3, -0.25) is 0 Å². The van der Waals surface area contributed by atoms with Gasteiger partial charge in [-0.1, -0.05) is 13.8 Å². The molecule has 1 saturated heterocycles. The Labute approximate surface area is 108 Å². The number of anilines is 1. The fraction of sp³-hybridized carbons (Fsp3) is 0.692. The number of rotatable bonds is 2. The molecule has 17 heavy (non-hydrogen) atoms. The van der Waals surface area contributed by atoms with Crippen LogP contribution in [-0.4, -0.2) is 23.1 Å². The molecule has 0 saturated carbocycles. The fourth-order valence-electron chi connectivity index (χ4n) is 2.51. The summed E-state index contributed by atoms with van der Waals surface area (Å²) in [5, 5.41) is 0.344. The van der Waals surface area contributed by atoms with Crippen molar-refractivity contribution in [3.63, 3.8) is 0 Å². The Hall–Kier alpha value is -0.830. The third kappa shape index (κ3) is 2.89. The maximum atomic E-state index is 5.87. The normalized spacial score (nSPS) is 17.8. The van der Waals surface area contributed by atoms with E-state index < -0.39 is 0 Å². The van der Waals surface area contributed by atoms with Crippen LogP contribution in [0, 0.1) is 18.8 Å². The van der Waals surface area contributed by atoms with Gasteiger partial charge in [0.25, 0.3) is 0 Å². The summed E-state index contributed by atoms with van der Waals surface area (Å²) in [6.07, 6.45) is 4.30. The zero-order chi connectivity index (χ0) is 12.4. The highest BCUT2D eigenvalue weighted by Gasteiger charge is 2.23. The van der Waals surface area contributed by atoms with Crippen LogP contribution >= 0.6 is 11.6 Å². The average molecular weight is 254 g/mol. The van der Waals surface area contributed by atoms with E-state index in [0.29, 0.717) is 5.28 Å². The SMILES string of the molecule is Cc1cnc(Cl)nc1N1CCC(C(C)C)CC1. The minimum absolute atomic E-state index is 0.344. The van der Waals surface area contributed by atoms with E-state index in [1.807, 2.05) is 6.92 Å². The predicted octanol–water partition coefficient (Wildman–Crippen LogP) is 3.31. The minimum Gasteiger partial charge on any atom is -0.356 e. The number of hydrogen-bond donors (Lipinski definition) is 0. The van der Waals surface area contributed by atoms with Gasteiger partial charge in [-0.15, -0.1) is 0 Å². The van der Waals surface area contributed by atoms with Crippen molar-refractivity contribution in [2.45, 2.75) is 33.6 Å². The number of aryl methyl sites for hydroxylation is 1. The van der Waals surface area contributed by atoms with Gasteiger partial charge >= 0.3 is 0 Å². The molecule has 1 aliphatic rings. The van der Waals surface area contributed by atoms with Crippen molar-refractivity contribution in [3.05, 3.63) is 17.0 Å². The van der Waals surface area contributed by atoms with E-state index in [-0.39, 0.29) is 0 Å². The zero-order valence-electron chi connectivity index (χ0n) is 10.8. The summed E-state index contributed by atoms with van der Waals surface area (Å²) in [5.41, 5.74) is 1.11. The number of nitrogens with zero attached hydrogens (tertiary/aromatic N) is 3. The number of piperidine rings is 1. The molecular weight excluding hydrogens is 234 g/mol. The molecule has 0 N–H and O–H groups in total. The molecule has 3 nitrogen and oxygen atoms in total. The Balaban J connectivity index is 2.07. The van der Waals surface area contributed by atoms with Crippen molar-refractivity contribution < 1.29 is 0 Å². The lowest BCUT2D eigenvalue weighted by Gasteiger charge is -2.35. The van der Waals surface area contributed by atoms with E-state index in [2.05, 4.69) is 28.7 Å². The van der Waals surface area contributed by atoms with Crippen LogP contribution in [0.5, 0.6) is 0 Å². The van der Waals surface area contributed by atoms with Crippen molar-refractivity contribution in [3.8, 4) is 0 Å². The van der Waals surface area contributed by atoms with Crippen LogP contribution < -0.4 is 4.90 Å². The van der Waals surface area contributed by atoms with Crippen molar-refractivity contribution in [2.24, 2.45) is 11.8 Å². The minimum atomic E-state index is 0.344. The van der Waals surface area contributed by atoms with Crippen LogP contribution in [0.15, 0.2) is 6.20 Å². The van der Waals surface area contributed by atoms with Crippen molar-refractivity contribution in [1.29, 1.82) is 0 Å². The molecule has 4 heteroatoms. The summed E-state index contributed by atoms with van der Waals surface area (Å²) in [4.78, 5) is 10.7. The second-order valence-electron chi connectivity index (χ2n) is 5.21. The first-order chi connectivity index (χ1) is 8.08. The summed E-state index contributed by atoms with van der Waals surface area (Å²) >= 11 is 5.87. The fourth-order valence-corrected chi connectivity index (χ4v) is 2.64. The second kappa shape index (κ2) is 5.21. The molecule has 0 aliphatic carbocycles. The Morgan fingerprint density at radius 1 is 1.35 bits per heavy atom. The van der Waals surface area contributed by atoms with E-state index in [9.17, 15) is 0 Å². The standard InChI is InChI=1S/C13H20ClN3/c1-9(2)11-4-6-17(7-5-11)12-10(3)8-15-13(14)16-12/h8-9,11H,4-7H2,1-3H3. The maximum absolute atomic E-state index is 5.87. The molecule has 0 bridgehead atoms. The molecule has 1 aliphatic heterocycles. The predicted molar refractivity (Wildman–Crippen MR) is 71.6 cm³/mol. The lowest BCUT2D eigenvalue weighted by molar-refractivity contribution is 0.310. The number of aromatic nitrogens is 2. The van der Waals surface area contributed by atoms with E-state index in [4.69, 9.17) is 11.6 Å². The number of halogens is 1. The van der Waals surface area contributed by atoms with Crippen LogP contribution in [-0.2, 0) is 0 Å². The first-order valence-corrected chi connectivity index (χ1v) is 6.70. The van der Waals surface area contributed by atoms with Crippen molar-refractivity contribution in [2.75, 3.05) is 18.0 Å². The summed E-state index contributed by atoms with van der Waals surface area (Å²) in [7, 11) is 0. The van der Waals surface area contributed by atoms with Crippen LogP contribution in [0.4, 0.5) is 5.82 Å². The average Bonchev–Trinajstić information content (AvgIpc) is 2.32. The van der Waals surface area contributed by atoms with Gasteiger partial charge in [0.15, 0.2) is 0 Å². The zero-order valence-corrected chi connectivity index (χ0v) is 11.5. The molecule has 0 amide bonds. The monoisotopic (exact) mass is 253 g/mol. The quantitative estimate of drug-likeness (QED) is 0.758. The van der Waals surface area contributed by atoms with Gasteiger partial charge in [0.1, 0.15) is 5.82 Å². The molecule has 2 heterocycles. The third-order valence-corrected chi connectivity index (χ3v) is 3.88. The second-order valence-corrected chi connectivity index (χ2v) is 5.55. The lowest BCUT2D eigenvalue weighted by atomic mass is 9.87. The Morgan fingerprint density at radius 3 is 2.59 bits per heavy atom. The topological polar surface area (TPSA) is 29.0 Å². The Bertz CT molecular complexity index is 384. The molecule has 0 atom stereocenters. The van der Waals surface area contributed by atoms with Gasteiger partial charge in [-0.2, -0.15) is 0 Å². The van der Waals surface area contributed by atoms with E-state index in [0.717, 1.165) is 36.3 Å². The van der Waals surface area contributed by atoms with Gasteiger partial charge in [0.2, 0.25) is 5.28 Å². The molecule has 0 unspecified atom stereocenters. The maximum Gasteiger partial charge on any atom is 0.224 e. The summed E-state index contributed by atoms with van der Waals surface area (Å²) in [5.74, 6) is 2.64. The van der Waals surface area contributed by atoms with Crippen LogP contribution in [0.3, 0.4) is 0 Å². The first-order valence-electron chi connectivity index (χ1n) is 6.32. The largest absolute Gasteiger partial charge is 0.356 e. The number of hydrogen-bond acceptors (Lipinski definition) is 3. The molecule has 0 radical (unpaired) electrons. The van der Waals surface area contributed by atoms with E-state index >= 15 is 0 Å². The highest BCUT2D eigenvalue weighted by atomic mass is 35.5. The van der Waals surface area contributed by atoms with Crippen LogP contribution in [0.1, 0.15) is 32.3 Å². The molecule has 2 rings (SSSR count). The molecular formula is C13H20ClN3. The molecule has 0 aromatic carbocycles. The van der Waals surface area contributed by atoms with Gasteiger partial charge in [-0.25, -0.2) is 9.97 Å². The molecule has 1 aromatic rings. The van der Waals surface area contributed by atoms with E-state index in [1.54, 1.807) is 6.20 Å². The first kappa shape index (κ1) is 12.6. The highest BCUT2D eigenvalue weighted by Crippen LogP contribution is 2.28. The van der Waals surface area contributed by atoms with E-state index in [1.165, 1.54) is 12.8 Å². The van der Waals surface area contributed by atoms with Crippen molar-refractivity contribution in [1.82, 2.24) is 9.97 Å². The molecule has 94 valence electrons. The Morgan fingerprint density at radius 2 is 2.00 bits per heavy atom. The van der Waals surface area contributed by atoms with Crippen molar-refractivity contribution >= 4 is 17.4 Å².